The fourth-order valence-electron chi connectivity index (χ4n) is 3.07. The van der Waals surface area contributed by atoms with Gasteiger partial charge in [0.05, 0.1) is 6.04 Å². The van der Waals surface area contributed by atoms with E-state index in [4.69, 9.17) is 0 Å². The number of hydrogen-bond donors (Lipinski definition) is 1. The van der Waals surface area contributed by atoms with Crippen LogP contribution in [0.1, 0.15) is 71.4 Å². The normalized spacial score (nSPS) is 17.1. The van der Waals surface area contributed by atoms with E-state index in [1.54, 1.807) is 6.07 Å². The number of rotatable bonds is 6. The maximum absolute atomic E-state index is 13.5. The molecular formula is C18H18F3N3O. The number of halogens is 3. The summed E-state index contributed by atoms with van der Waals surface area (Å²) in [6, 6.07) is 5.78. The first kappa shape index (κ1) is 16.2. The molecule has 2 saturated carbocycles. The molecule has 1 heterocycles. The lowest BCUT2D eigenvalue weighted by molar-refractivity contribution is 0.0939. The molecule has 0 saturated heterocycles. The van der Waals surface area contributed by atoms with E-state index >= 15 is 0 Å². The minimum Gasteiger partial charge on any atom is -0.347 e. The standard InChI is InChI=1S/C18H18F3N3O/c19-12-3-6-14(10-1-2-10)11(7-12)9-22-18(25)16-8-15(17(20)21)23-24(16)13-4-5-13/h3,6-8,10,13,17H,1-2,4-5,9H2,(H,22,25). The molecule has 0 radical (unpaired) electrons. The van der Waals surface area contributed by atoms with E-state index in [2.05, 4.69) is 10.4 Å². The summed E-state index contributed by atoms with van der Waals surface area (Å²) in [5.74, 6) is -0.385. The van der Waals surface area contributed by atoms with Crippen molar-refractivity contribution in [3.05, 3.63) is 52.6 Å². The number of benzene rings is 1. The summed E-state index contributed by atoms with van der Waals surface area (Å²) in [6.07, 6.45) is 1.09. The van der Waals surface area contributed by atoms with E-state index in [1.807, 2.05) is 0 Å². The van der Waals surface area contributed by atoms with Gasteiger partial charge in [-0.1, -0.05) is 6.07 Å². The number of amides is 1. The number of hydrogen-bond acceptors (Lipinski definition) is 2. The third kappa shape index (κ3) is 3.41. The molecule has 0 spiro atoms. The van der Waals surface area contributed by atoms with Gasteiger partial charge in [-0.3, -0.25) is 9.48 Å². The van der Waals surface area contributed by atoms with Crippen LogP contribution in [0.4, 0.5) is 13.2 Å². The monoisotopic (exact) mass is 349 g/mol. The van der Waals surface area contributed by atoms with Crippen LogP contribution in [0.5, 0.6) is 0 Å². The Hall–Kier alpha value is -2.31. The van der Waals surface area contributed by atoms with Crippen molar-refractivity contribution in [2.24, 2.45) is 0 Å². The quantitative estimate of drug-likeness (QED) is 0.853. The Morgan fingerprint density at radius 3 is 2.64 bits per heavy atom. The molecule has 4 rings (SSSR count). The average Bonchev–Trinajstić information content (AvgIpc) is 3.50. The van der Waals surface area contributed by atoms with Crippen LogP contribution < -0.4 is 5.32 Å². The summed E-state index contributed by atoms with van der Waals surface area (Å²) in [5.41, 5.74) is 1.54. The zero-order valence-corrected chi connectivity index (χ0v) is 13.5. The first-order valence-electron chi connectivity index (χ1n) is 8.47. The second-order valence-electron chi connectivity index (χ2n) is 6.73. The predicted octanol–water partition coefficient (Wildman–Crippen LogP) is 4.10. The molecule has 2 aromatic rings. The van der Waals surface area contributed by atoms with E-state index in [9.17, 15) is 18.0 Å². The van der Waals surface area contributed by atoms with Gasteiger partial charge in [-0.25, -0.2) is 13.2 Å². The summed E-state index contributed by atoms with van der Waals surface area (Å²) in [6.45, 7) is 0.169. The van der Waals surface area contributed by atoms with Gasteiger partial charge in [0.25, 0.3) is 12.3 Å². The lowest BCUT2D eigenvalue weighted by Crippen LogP contribution is -2.26. The fourth-order valence-corrected chi connectivity index (χ4v) is 3.07. The summed E-state index contributed by atoms with van der Waals surface area (Å²) in [5, 5.41) is 6.59. The van der Waals surface area contributed by atoms with Crippen molar-refractivity contribution >= 4 is 5.91 Å². The zero-order chi connectivity index (χ0) is 17.6. The largest absolute Gasteiger partial charge is 0.347 e. The SMILES string of the molecule is O=C(NCc1cc(F)ccc1C1CC1)c1cc(C(F)F)nn1C1CC1. The summed E-state index contributed by atoms with van der Waals surface area (Å²) in [7, 11) is 0. The number of carbonyl (C=O) groups excluding carboxylic acids is 1. The molecule has 1 aromatic heterocycles. The Bertz CT molecular complexity index is 810. The van der Waals surface area contributed by atoms with E-state index in [0.717, 1.165) is 42.9 Å². The van der Waals surface area contributed by atoms with Gasteiger partial charge in [-0.15, -0.1) is 0 Å². The number of carbonyl (C=O) groups is 1. The molecule has 25 heavy (non-hydrogen) atoms. The number of nitrogens with zero attached hydrogens (tertiary/aromatic N) is 2. The van der Waals surface area contributed by atoms with Gasteiger partial charge in [-0.2, -0.15) is 5.10 Å². The van der Waals surface area contributed by atoms with Crippen molar-refractivity contribution in [3.8, 4) is 0 Å². The second kappa shape index (κ2) is 6.20. The molecule has 2 aliphatic carbocycles. The number of alkyl halides is 2. The highest BCUT2D eigenvalue weighted by Gasteiger charge is 2.31. The second-order valence-corrected chi connectivity index (χ2v) is 6.73. The highest BCUT2D eigenvalue weighted by Crippen LogP contribution is 2.42. The van der Waals surface area contributed by atoms with Gasteiger partial charge >= 0.3 is 0 Å². The third-order valence-corrected chi connectivity index (χ3v) is 4.67. The molecule has 0 bridgehead atoms. The van der Waals surface area contributed by atoms with Crippen molar-refractivity contribution in [1.29, 1.82) is 0 Å². The molecule has 7 heteroatoms. The molecule has 0 aliphatic heterocycles. The van der Waals surface area contributed by atoms with Gasteiger partial charge in [0.15, 0.2) is 0 Å². The number of nitrogens with one attached hydrogen (secondary N) is 1. The van der Waals surface area contributed by atoms with Gasteiger partial charge in [0.1, 0.15) is 17.2 Å². The zero-order valence-electron chi connectivity index (χ0n) is 13.5. The molecule has 2 fully saturated rings. The Morgan fingerprint density at radius 1 is 1.24 bits per heavy atom. The number of aromatic nitrogens is 2. The summed E-state index contributed by atoms with van der Waals surface area (Å²) in [4.78, 5) is 12.5. The van der Waals surface area contributed by atoms with Crippen LogP contribution in [0.15, 0.2) is 24.3 Å². The minimum absolute atomic E-state index is 0.0180. The Balaban J connectivity index is 1.52. The Morgan fingerprint density at radius 2 is 2.00 bits per heavy atom. The van der Waals surface area contributed by atoms with Gasteiger partial charge in [-0.05, 0) is 60.9 Å². The third-order valence-electron chi connectivity index (χ3n) is 4.67. The van der Waals surface area contributed by atoms with Crippen LogP contribution in [-0.4, -0.2) is 15.7 Å². The van der Waals surface area contributed by atoms with E-state index in [-0.39, 0.29) is 29.8 Å². The van der Waals surface area contributed by atoms with E-state index in [0.29, 0.717) is 5.92 Å². The molecule has 132 valence electrons. The molecule has 1 N–H and O–H groups in total. The van der Waals surface area contributed by atoms with E-state index in [1.165, 1.54) is 16.8 Å². The molecule has 0 unspecified atom stereocenters. The molecule has 2 aliphatic rings. The van der Waals surface area contributed by atoms with Crippen LogP contribution in [-0.2, 0) is 6.54 Å². The maximum Gasteiger partial charge on any atom is 0.282 e. The van der Waals surface area contributed by atoms with Gasteiger partial charge in [0, 0.05) is 6.54 Å². The van der Waals surface area contributed by atoms with Crippen molar-refractivity contribution < 1.29 is 18.0 Å². The first-order valence-corrected chi connectivity index (χ1v) is 8.47. The van der Waals surface area contributed by atoms with Crippen LogP contribution in [0.2, 0.25) is 0 Å². The van der Waals surface area contributed by atoms with Crippen LogP contribution in [0.3, 0.4) is 0 Å². The van der Waals surface area contributed by atoms with Crippen molar-refractivity contribution in [2.45, 2.75) is 50.6 Å². The van der Waals surface area contributed by atoms with Crippen molar-refractivity contribution in [2.75, 3.05) is 0 Å². The first-order chi connectivity index (χ1) is 12.0. The van der Waals surface area contributed by atoms with Crippen LogP contribution in [0, 0.1) is 5.82 Å². The van der Waals surface area contributed by atoms with Crippen LogP contribution in [0.25, 0.3) is 0 Å². The molecule has 0 atom stereocenters. The molecule has 1 aromatic carbocycles. The highest BCUT2D eigenvalue weighted by atomic mass is 19.3. The summed E-state index contributed by atoms with van der Waals surface area (Å²) < 4.78 is 40.7. The minimum atomic E-state index is -2.71. The Kier molecular flexibility index (Phi) is 4.01. The maximum atomic E-state index is 13.5. The lowest BCUT2D eigenvalue weighted by atomic mass is 10.0. The molecule has 1 amide bonds. The fraction of sp³-hybridized carbons (Fsp3) is 0.444. The van der Waals surface area contributed by atoms with Gasteiger partial charge < -0.3 is 5.32 Å². The van der Waals surface area contributed by atoms with Crippen LogP contribution >= 0.6 is 0 Å². The summed E-state index contributed by atoms with van der Waals surface area (Å²) >= 11 is 0. The average molecular weight is 349 g/mol. The van der Waals surface area contributed by atoms with Gasteiger partial charge in [0.2, 0.25) is 0 Å². The predicted molar refractivity (Wildman–Crippen MR) is 85.0 cm³/mol. The highest BCUT2D eigenvalue weighted by molar-refractivity contribution is 5.92. The smallest absolute Gasteiger partial charge is 0.282 e. The molecular weight excluding hydrogens is 331 g/mol. The Labute approximate surface area is 143 Å². The van der Waals surface area contributed by atoms with E-state index < -0.39 is 12.3 Å². The molecule has 4 nitrogen and oxygen atoms in total. The van der Waals surface area contributed by atoms with Crippen molar-refractivity contribution in [3.63, 3.8) is 0 Å². The lowest BCUT2D eigenvalue weighted by Gasteiger charge is -2.11. The van der Waals surface area contributed by atoms with Crippen molar-refractivity contribution in [1.82, 2.24) is 15.1 Å². The topological polar surface area (TPSA) is 46.9 Å².